The standard InChI is InChI=1S/C20H17ClN4O/c21-15-7-3-8-16(11-15)24-20(26)17-12-23-19(13-22-17)25-10-4-6-14-5-1-2-9-18(14)25/h1-3,5,7-9,11-13H,4,6,10H2,(H,24,26). The molecule has 0 atom stereocenters. The average Bonchev–Trinajstić information content (AvgIpc) is 2.68. The van der Waals surface area contributed by atoms with Gasteiger partial charge in [-0.25, -0.2) is 9.97 Å². The number of hydrogen-bond acceptors (Lipinski definition) is 4. The molecule has 1 amide bonds. The van der Waals surface area contributed by atoms with Gasteiger partial charge < -0.3 is 10.2 Å². The number of para-hydroxylation sites is 1. The number of aryl methyl sites for hydroxylation is 1. The lowest BCUT2D eigenvalue weighted by atomic mass is 10.0. The largest absolute Gasteiger partial charge is 0.325 e. The van der Waals surface area contributed by atoms with E-state index < -0.39 is 0 Å². The van der Waals surface area contributed by atoms with E-state index >= 15 is 0 Å². The molecule has 1 aliphatic heterocycles. The summed E-state index contributed by atoms with van der Waals surface area (Å²) in [6.07, 6.45) is 5.29. The highest BCUT2D eigenvalue weighted by atomic mass is 35.5. The van der Waals surface area contributed by atoms with Crippen molar-refractivity contribution in [3.8, 4) is 0 Å². The van der Waals surface area contributed by atoms with Crippen LogP contribution >= 0.6 is 11.6 Å². The third-order valence-corrected chi connectivity index (χ3v) is 4.58. The average molecular weight is 365 g/mol. The topological polar surface area (TPSA) is 58.1 Å². The Hall–Kier alpha value is -2.92. The van der Waals surface area contributed by atoms with Gasteiger partial charge in [0.2, 0.25) is 0 Å². The van der Waals surface area contributed by atoms with Gasteiger partial charge in [-0.1, -0.05) is 35.9 Å². The van der Waals surface area contributed by atoms with Gasteiger partial charge in [-0.15, -0.1) is 0 Å². The van der Waals surface area contributed by atoms with Crippen LogP contribution in [0.2, 0.25) is 5.02 Å². The first-order chi connectivity index (χ1) is 12.7. The first-order valence-electron chi connectivity index (χ1n) is 8.45. The molecule has 2 aromatic carbocycles. The number of aromatic nitrogens is 2. The van der Waals surface area contributed by atoms with Crippen LogP contribution in [0.25, 0.3) is 0 Å². The molecule has 3 aromatic rings. The monoisotopic (exact) mass is 364 g/mol. The van der Waals surface area contributed by atoms with Gasteiger partial charge in [-0.2, -0.15) is 0 Å². The SMILES string of the molecule is O=C(Nc1cccc(Cl)c1)c1cnc(N2CCCc3ccccc32)cn1. The van der Waals surface area contributed by atoms with E-state index in [0.717, 1.165) is 30.9 Å². The molecule has 6 heteroatoms. The van der Waals surface area contributed by atoms with Crippen LogP contribution in [0.4, 0.5) is 17.2 Å². The molecule has 0 fully saturated rings. The quantitative estimate of drug-likeness (QED) is 0.745. The van der Waals surface area contributed by atoms with Crippen molar-refractivity contribution in [2.24, 2.45) is 0 Å². The Kier molecular flexibility index (Phi) is 4.54. The van der Waals surface area contributed by atoms with Gasteiger partial charge >= 0.3 is 0 Å². The minimum absolute atomic E-state index is 0.263. The summed E-state index contributed by atoms with van der Waals surface area (Å²) in [5.41, 5.74) is 3.35. The molecule has 1 N–H and O–H groups in total. The summed E-state index contributed by atoms with van der Waals surface area (Å²) in [6, 6.07) is 15.3. The summed E-state index contributed by atoms with van der Waals surface area (Å²) >= 11 is 5.94. The van der Waals surface area contributed by atoms with Crippen LogP contribution < -0.4 is 10.2 Å². The minimum Gasteiger partial charge on any atom is -0.325 e. The molecule has 1 aromatic heterocycles. The number of fused-ring (bicyclic) bond motifs is 1. The first kappa shape index (κ1) is 16.5. The van der Waals surface area contributed by atoms with Crippen LogP contribution in [-0.2, 0) is 6.42 Å². The van der Waals surface area contributed by atoms with Crippen LogP contribution in [0.15, 0.2) is 60.9 Å². The molecule has 0 spiro atoms. The fourth-order valence-electron chi connectivity index (χ4n) is 3.11. The third-order valence-electron chi connectivity index (χ3n) is 4.34. The minimum atomic E-state index is -0.314. The molecule has 0 saturated heterocycles. The van der Waals surface area contributed by atoms with E-state index in [1.807, 2.05) is 6.07 Å². The number of nitrogens with zero attached hydrogens (tertiary/aromatic N) is 3. The van der Waals surface area contributed by atoms with E-state index in [0.29, 0.717) is 10.7 Å². The zero-order chi connectivity index (χ0) is 17.9. The molecule has 1 aliphatic rings. The van der Waals surface area contributed by atoms with Gasteiger partial charge in [0.1, 0.15) is 5.69 Å². The van der Waals surface area contributed by atoms with Gasteiger partial charge in [0, 0.05) is 22.9 Å². The molecule has 26 heavy (non-hydrogen) atoms. The maximum Gasteiger partial charge on any atom is 0.275 e. The summed E-state index contributed by atoms with van der Waals surface area (Å²) in [5, 5.41) is 3.34. The molecular weight excluding hydrogens is 348 g/mol. The number of anilines is 3. The lowest BCUT2D eigenvalue weighted by Crippen LogP contribution is -2.25. The molecule has 0 bridgehead atoms. The Morgan fingerprint density at radius 1 is 1.08 bits per heavy atom. The van der Waals surface area contributed by atoms with Crippen LogP contribution in [0.5, 0.6) is 0 Å². The Bertz CT molecular complexity index is 943. The number of benzene rings is 2. The summed E-state index contributed by atoms with van der Waals surface area (Å²) < 4.78 is 0. The van der Waals surface area contributed by atoms with Crippen molar-refractivity contribution in [2.45, 2.75) is 12.8 Å². The highest BCUT2D eigenvalue weighted by Crippen LogP contribution is 2.31. The molecule has 0 unspecified atom stereocenters. The highest BCUT2D eigenvalue weighted by molar-refractivity contribution is 6.30. The van der Waals surface area contributed by atoms with Gasteiger partial charge in [0.15, 0.2) is 5.82 Å². The predicted molar refractivity (Wildman–Crippen MR) is 103 cm³/mol. The first-order valence-corrected chi connectivity index (χ1v) is 8.83. The molecule has 130 valence electrons. The molecule has 2 heterocycles. The number of carbonyl (C=O) groups is 1. The third kappa shape index (κ3) is 3.39. The maximum atomic E-state index is 12.3. The van der Waals surface area contributed by atoms with E-state index in [4.69, 9.17) is 11.6 Å². The van der Waals surface area contributed by atoms with Gasteiger partial charge in [0.05, 0.1) is 12.4 Å². The van der Waals surface area contributed by atoms with Crippen LogP contribution in [0, 0.1) is 0 Å². The summed E-state index contributed by atoms with van der Waals surface area (Å²) in [4.78, 5) is 23.2. The number of nitrogens with one attached hydrogen (secondary N) is 1. The zero-order valence-corrected chi connectivity index (χ0v) is 14.8. The Morgan fingerprint density at radius 3 is 2.77 bits per heavy atom. The molecule has 5 nitrogen and oxygen atoms in total. The Morgan fingerprint density at radius 2 is 1.96 bits per heavy atom. The van der Waals surface area contributed by atoms with Gasteiger partial charge in [-0.05, 0) is 42.7 Å². The molecule has 0 radical (unpaired) electrons. The van der Waals surface area contributed by atoms with Crippen LogP contribution in [0.3, 0.4) is 0 Å². The van der Waals surface area contributed by atoms with E-state index in [9.17, 15) is 4.79 Å². The second-order valence-electron chi connectivity index (χ2n) is 6.11. The lowest BCUT2D eigenvalue weighted by molar-refractivity contribution is 0.102. The summed E-state index contributed by atoms with van der Waals surface area (Å²) in [7, 11) is 0. The van der Waals surface area contributed by atoms with Crippen molar-refractivity contribution in [2.75, 3.05) is 16.8 Å². The van der Waals surface area contributed by atoms with Crippen molar-refractivity contribution >= 4 is 34.7 Å². The zero-order valence-electron chi connectivity index (χ0n) is 14.0. The molecule has 4 rings (SSSR count). The molecule has 0 saturated carbocycles. The van der Waals surface area contributed by atoms with E-state index in [1.54, 1.807) is 30.5 Å². The number of carbonyl (C=O) groups excluding carboxylic acids is 1. The number of rotatable bonds is 3. The summed E-state index contributed by atoms with van der Waals surface area (Å²) in [5.74, 6) is 0.432. The Balaban J connectivity index is 1.53. The lowest BCUT2D eigenvalue weighted by Gasteiger charge is -2.30. The molecule has 0 aliphatic carbocycles. The van der Waals surface area contributed by atoms with Crippen LogP contribution in [-0.4, -0.2) is 22.4 Å². The van der Waals surface area contributed by atoms with Crippen molar-refractivity contribution in [3.05, 3.63) is 77.2 Å². The van der Waals surface area contributed by atoms with Crippen molar-refractivity contribution < 1.29 is 4.79 Å². The number of halogens is 1. The van der Waals surface area contributed by atoms with E-state index in [2.05, 4.69) is 38.4 Å². The van der Waals surface area contributed by atoms with Crippen LogP contribution in [0.1, 0.15) is 22.5 Å². The van der Waals surface area contributed by atoms with Gasteiger partial charge in [0.25, 0.3) is 5.91 Å². The summed E-state index contributed by atoms with van der Waals surface area (Å²) in [6.45, 7) is 0.889. The Labute approximate surface area is 156 Å². The second-order valence-corrected chi connectivity index (χ2v) is 6.54. The maximum absolute atomic E-state index is 12.3. The van der Waals surface area contributed by atoms with Crippen molar-refractivity contribution in [1.29, 1.82) is 0 Å². The molecular formula is C20H17ClN4O. The normalized spacial score (nSPS) is 13.2. The number of amides is 1. The van der Waals surface area contributed by atoms with E-state index in [1.165, 1.54) is 11.8 Å². The van der Waals surface area contributed by atoms with E-state index in [-0.39, 0.29) is 11.6 Å². The fraction of sp³-hybridized carbons (Fsp3) is 0.150. The fourth-order valence-corrected chi connectivity index (χ4v) is 3.30. The second kappa shape index (κ2) is 7.14. The predicted octanol–water partition coefficient (Wildman–Crippen LogP) is 4.47. The van der Waals surface area contributed by atoms with Crippen molar-refractivity contribution in [3.63, 3.8) is 0 Å². The highest BCUT2D eigenvalue weighted by Gasteiger charge is 2.19. The smallest absolute Gasteiger partial charge is 0.275 e. The van der Waals surface area contributed by atoms with Gasteiger partial charge in [-0.3, -0.25) is 4.79 Å². The van der Waals surface area contributed by atoms with Crippen molar-refractivity contribution in [1.82, 2.24) is 9.97 Å². The number of hydrogen-bond donors (Lipinski definition) is 1.